The van der Waals surface area contributed by atoms with Gasteiger partial charge in [0.15, 0.2) is 11.6 Å². The van der Waals surface area contributed by atoms with Crippen molar-refractivity contribution < 1.29 is 22.3 Å². The first-order valence-electron chi connectivity index (χ1n) is 8.55. The lowest BCUT2D eigenvalue weighted by Gasteiger charge is -2.28. The van der Waals surface area contributed by atoms with Crippen LogP contribution in [0.2, 0.25) is 0 Å². The Morgan fingerprint density at radius 3 is 2.46 bits per heavy atom. The van der Waals surface area contributed by atoms with Gasteiger partial charge < -0.3 is 4.74 Å². The molecule has 0 radical (unpaired) electrons. The minimum atomic E-state index is -4.37. The van der Waals surface area contributed by atoms with Crippen LogP contribution < -0.4 is 4.74 Å². The molecule has 0 amide bonds. The summed E-state index contributed by atoms with van der Waals surface area (Å²) in [6, 6.07) is 4.81. The molecule has 0 heterocycles. The van der Waals surface area contributed by atoms with Crippen molar-refractivity contribution in [3.63, 3.8) is 0 Å². The summed E-state index contributed by atoms with van der Waals surface area (Å²) in [6.45, 7) is 1.89. The Hall–Kier alpha value is -1.52. The number of rotatable bonds is 6. The number of alkyl halides is 3. The highest BCUT2D eigenvalue weighted by Gasteiger charge is 2.23. The maximum absolute atomic E-state index is 14.1. The van der Waals surface area contributed by atoms with E-state index >= 15 is 0 Å². The minimum Gasteiger partial charge on any atom is -0.486 e. The molecule has 0 saturated heterocycles. The molecule has 0 N–H and O–H groups in total. The average Bonchev–Trinajstić information content (AvgIpc) is 2.53. The number of ether oxygens (including phenoxy) is 1. The van der Waals surface area contributed by atoms with Gasteiger partial charge in [0.05, 0.1) is 0 Å². The summed E-state index contributed by atoms with van der Waals surface area (Å²) in [6.07, 6.45) is 3.52. The topological polar surface area (TPSA) is 9.23 Å². The second-order valence-corrected chi connectivity index (χ2v) is 6.45. The minimum absolute atomic E-state index is 0.00903. The van der Waals surface area contributed by atoms with Gasteiger partial charge in [-0.05, 0) is 61.3 Å². The summed E-state index contributed by atoms with van der Waals surface area (Å²) in [7, 11) is 0. The van der Waals surface area contributed by atoms with Gasteiger partial charge in [-0.1, -0.05) is 25.8 Å². The van der Waals surface area contributed by atoms with Crippen molar-refractivity contribution in [3.05, 3.63) is 41.7 Å². The van der Waals surface area contributed by atoms with Gasteiger partial charge >= 0.3 is 6.18 Å². The van der Waals surface area contributed by atoms with Crippen molar-refractivity contribution in [2.45, 2.75) is 57.5 Å². The first kappa shape index (κ1) is 18.8. The fourth-order valence-corrected chi connectivity index (χ4v) is 3.40. The van der Waals surface area contributed by atoms with Crippen molar-refractivity contribution in [1.82, 2.24) is 0 Å². The Bertz CT molecular complexity index is 543. The smallest absolute Gasteiger partial charge is 0.409 e. The Balaban J connectivity index is 1.89. The van der Waals surface area contributed by atoms with E-state index in [4.69, 9.17) is 4.74 Å². The summed E-state index contributed by atoms with van der Waals surface area (Å²) < 4.78 is 55.1. The molecule has 1 fully saturated rings. The number of halogens is 4. The lowest BCUT2D eigenvalue weighted by Crippen LogP contribution is -2.13. The van der Waals surface area contributed by atoms with E-state index in [0.717, 1.165) is 30.4 Å². The molecule has 5 heteroatoms. The zero-order chi connectivity index (χ0) is 17.6. The second-order valence-electron chi connectivity index (χ2n) is 6.45. The molecule has 24 heavy (non-hydrogen) atoms. The SMILES string of the molecule is CCCC1CCC(c2ccc(OC/C=C/C(F)(F)F)c(F)c2)CC1. The fraction of sp³-hybridized carbons (Fsp3) is 0.579. The van der Waals surface area contributed by atoms with Gasteiger partial charge in [0.2, 0.25) is 0 Å². The Kier molecular flexibility index (Phi) is 6.69. The van der Waals surface area contributed by atoms with Crippen LogP contribution in [0.1, 0.15) is 56.9 Å². The molecule has 1 nitrogen and oxygen atoms in total. The molecule has 1 aromatic carbocycles. The van der Waals surface area contributed by atoms with Crippen molar-refractivity contribution >= 4 is 0 Å². The van der Waals surface area contributed by atoms with E-state index in [1.807, 2.05) is 6.07 Å². The van der Waals surface area contributed by atoms with E-state index in [9.17, 15) is 17.6 Å². The summed E-state index contributed by atoms with van der Waals surface area (Å²) in [5, 5.41) is 0. The molecule has 0 bridgehead atoms. The highest BCUT2D eigenvalue weighted by Crippen LogP contribution is 2.38. The van der Waals surface area contributed by atoms with E-state index in [0.29, 0.717) is 5.92 Å². The van der Waals surface area contributed by atoms with E-state index in [1.54, 1.807) is 0 Å². The van der Waals surface area contributed by atoms with Crippen LogP contribution >= 0.6 is 0 Å². The monoisotopic (exact) mass is 344 g/mol. The second kappa shape index (κ2) is 8.54. The van der Waals surface area contributed by atoms with Gasteiger partial charge in [0.25, 0.3) is 0 Å². The molecule has 0 aromatic heterocycles. The van der Waals surface area contributed by atoms with Crippen LogP contribution in [0.5, 0.6) is 5.75 Å². The molecule has 1 aliphatic rings. The largest absolute Gasteiger partial charge is 0.486 e. The highest BCUT2D eigenvalue weighted by molar-refractivity contribution is 5.31. The third-order valence-electron chi connectivity index (χ3n) is 4.61. The van der Waals surface area contributed by atoms with Crippen LogP contribution in [0.3, 0.4) is 0 Å². The van der Waals surface area contributed by atoms with E-state index in [2.05, 4.69) is 6.92 Å². The number of hydrogen-bond acceptors (Lipinski definition) is 1. The zero-order valence-corrected chi connectivity index (χ0v) is 13.9. The number of hydrogen-bond donors (Lipinski definition) is 0. The van der Waals surface area contributed by atoms with Crippen LogP contribution in [0.15, 0.2) is 30.4 Å². The summed E-state index contributed by atoms with van der Waals surface area (Å²) in [4.78, 5) is 0. The Morgan fingerprint density at radius 2 is 1.88 bits per heavy atom. The third kappa shape index (κ3) is 5.84. The van der Waals surface area contributed by atoms with Gasteiger partial charge in [-0.2, -0.15) is 13.2 Å². The molecular formula is C19H24F4O. The van der Waals surface area contributed by atoms with Crippen molar-refractivity contribution in [3.8, 4) is 5.75 Å². The molecule has 0 aliphatic heterocycles. The molecule has 0 atom stereocenters. The van der Waals surface area contributed by atoms with Crippen LogP contribution in [0.25, 0.3) is 0 Å². The van der Waals surface area contributed by atoms with Gasteiger partial charge in [0, 0.05) is 6.08 Å². The molecule has 0 spiro atoms. The first-order chi connectivity index (χ1) is 11.4. The van der Waals surface area contributed by atoms with Gasteiger partial charge in [-0.3, -0.25) is 0 Å². The van der Waals surface area contributed by atoms with E-state index in [-0.39, 0.29) is 18.4 Å². The van der Waals surface area contributed by atoms with Gasteiger partial charge in [-0.15, -0.1) is 0 Å². The molecule has 1 saturated carbocycles. The Labute approximate surface area is 140 Å². The number of benzene rings is 1. The molecule has 0 unspecified atom stereocenters. The van der Waals surface area contributed by atoms with Crippen LogP contribution in [-0.2, 0) is 0 Å². The van der Waals surface area contributed by atoms with Crippen LogP contribution in [0, 0.1) is 11.7 Å². The molecule has 1 aliphatic carbocycles. The predicted octanol–water partition coefficient (Wildman–Crippen LogP) is 6.40. The van der Waals surface area contributed by atoms with Gasteiger partial charge in [0.1, 0.15) is 6.61 Å². The summed E-state index contributed by atoms with van der Waals surface area (Å²) >= 11 is 0. The van der Waals surface area contributed by atoms with Crippen molar-refractivity contribution in [1.29, 1.82) is 0 Å². The summed E-state index contributed by atoms with van der Waals surface area (Å²) in [5.74, 6) is 0.639. The quantitative estimate of drug-likeness (QED) is 0.429. The predicted molar refractivity (Wildman–Crippen MR) is 86.7 cm³/mol. The van der Waals surface area contributed by atoms with E-state index in [1.165, 1.54) is 37.8 Å². The third-order valence-corrected chi connectivity index (χ3v) is 4.61. The maximum Gasteiger partial charge on any atom is 0.409 e. The van der Waals surface area contributed by atoms with Crippen LogP contribution in [0.4, 0.5) is 17.6 Å². The normalized spacial score (nSPS) is 22.0. The lowest BCUT2D eigenvalue weighted by atomic mass is 9.77. The van der Waals surface area contributed by atoms with Gasteiger partial charge in [-0.25, -0.2) is 4.39 Å². The van der Waals surface area contributed by atoms with E-state index < -0.39 is 12.0 Å². The fourth-order valence-electron chi connectivity index (χ4n) is 3.40. The lowest BCUT2D eigenvalue weighted by molar-refractivity contribution is -0.0801. The maximum atomic E-state index is 14.1. The van der Waals surface area contributed by atoms with Crippen molar-refractivity contribution in [2.24, 2.45) is 5.92 Å². The first-order valence-corrected chi connectivity index (χ1v) is 8.55. The molecular weight excluding hydrogens is 320 g/mol. The highest BCUT2D eigenvalue weighted by atomic mass is 19.4. The molecule has 134 valence electrons. The molecule has 1 aromatic rings. The standard InChI is InChI=1S/C19H24F4O/c1-2-4-14-5-7-15(8-6-14)16-9-10-18(17(20)13-16)24-12-3-11-19(21,22)23/h3,9-11,13-15H,2,4-8,12H2,1H3/b11-3+. The summed E-state index contributed by atoms with van der Waals surface area (Å²) in [5.41, 5.74) is 0.959. The number of allylic oxidation sites excluding steroid dienone is 1. The van der Waals surface area contributed by atoms with Crippen molar-refractivity contribution in [2.75, 3.05) is 6.61 Å². The van der Waals surface area contributed by atoms with Crippen LogP contribution in [-0.4, -0.2) is 12.8 Å². The average molecular weight is 344 g/mol. The Morgan fingerprint density at radius 1 is 1.17 bits per heavy atom. The zero-order valence-electron chi connectivity index (χ0n) is 13.9. The molecule has 2 rings (SSSR count).